The molecule has 1 aromatic heterocycles. The van der Waals surface area contributed by atoms with Crippen LogP contribution in [0.5, 0.6) is 5.75 Å². The molecule has 0 unspecified atom stereocenters. The zero-order valence-electron chi connectivity index (χ0n) is 16.5. The number of carbonyl (C=O) groups excluding carboxylic acids is 1. The second kappa shape index (κ2) is 10.3. The lowest BCUT2D eigenvalue weighted by molar-refractivity contribution is -0.120. The van der Waals surface area contributed by atoms with Crippen LogP contribution in [0.15, 0.2) is 41.7 Å². The first-order chi connectivity index (χ1) is 13.1. The van der Waals surface area contributed by atoms with Crippen LogP contribution in [0.3, 0.4) is 0 Å². The molecule has 28 heavy (non-hydrogen) atoms. The Morgan fingerprint density at radius 3 is 2.75 bits per heavy atom. The Kier molecular flexibility index (Phi) is 8.09. The normalized spacial score (nSPS) is 14.7. The summed E-state index contributed by atoms with van der Waals surface area (Å²) in [6, 6.07) is 7.93. The smallest absolute Gasteiger partial charge is 0.246 e. The van der Waals surface area contributed by atoms with Crippen molar-refractivity contribution in [1.29, 1.82) is 0 Å². The van der Waals surface area contributed by atoms with Crippen LogP contribution >= 0.6 is 24.0 Å². The number of para-hydroxylation sites is 1. The van der Waals surface area contributed by atoms with Crippen molar-refractivity contribution in [3.8, 4) is 5.75 Å². The molecule has 1 aliphatic rings. The number of rotatable bonds is 5. The minimum absolute atomic E-state index is 0. The number of nitrogens with zero attached hydrogens (tertiary/aromatic N) is 5. The maximum absolute atomic E-state index is 12.5. The molecule has 0 saturated carbocycles. The van der Waals surface area contributed by atoms with Crippen LogP contribution in [0.2, 0.25) is 0 Å². The Labute approximate surface area is 182 Å². The van der Waals surface area contributed by atoms with Crippen molar-refractivity contribution in [2.45, 2.75) is 6.92 Å². The van der Waals surface area contributed by atoms with Crippen LogP contribution in [-0.4, -0.2) is 66.4 Å². The maximum atomic E-state index is 12.5. The van der Waals surface area contributed by atoms with Crippen LogP contribution in [0, 0.1) is 6.92 Å². The summed E-state index contributed by atoms with van der Waals surface area (Å²) in [5.41, 5.74) is 1.94. The van der Waals surface area contributed by atoms with Gasteiger partial charge >= 0.3 is 0 Å². The van der Waals surface area contributed by atoms with E-state index in [9.17, 15) is 4.79 Å². The van der Waals surface area contributed by atoms with E-state index in [0.29, 0.717) is 32.2 Å². The molecule has 1 fully saturated rings. The molecule has 0 spiro atoms. The van der Waals surface area contributed by atoms with Gasteiger partial charge in [0.05, 0.1) is 18.4 Å². The second-order valence-corrected chi connectivity index (χ2v) is 6.43. The molecule has 0 atom stereocenters. The zero-order chi connectivity index (χ0) is 19.2. The van der Waals surface area contributed by atoms with E-state index in [1.54, 1.807) is 22.8 Å². The Morgan fingerprint density at radius 2 is 2.11 bits per heavy atom. The molecule has 8 nitrogen and oxygen atoms in total. The topological polar surface area (TPSA) is 75.0 Å². The maximum Gasteiger partial charge on any atom is 0.246 e. The number of aliphatic imine (C=N–C) groups is 1. The van der Waals surface area contributed by atoms with Crippen LogP contribution < -0.4 is 15.0 Å². The van der Waals surface area contributed by atoms with E-state index in [2.05, 4.69) is 15.4 Å². The van der Waals surface area contributed by atoms with Gasteiger partial charge in [-0.2, -0.15) is 5.10 Å². The van der Waals surface area contributed by atoms with Crippen molar-refractivity contribution in [2.24, 2.45) is 12.0 Å². The van der Waals surface area contributed by atoms with Gasteiger partial charge < -0.3 is 19.9 Å². The molecule has 0 bridgehead atoms. The Hall–Kier alpha value is -2.30. The van der Waals surface area contributed by atoms with Crippen molar-refractivity contribution in [2.75, 3.05) is 44.7 Å². The molecule has 3 rings (SSSR count). The number of aromatic nitrogens is 2. The minimum Gasteiger partial charge on any atom is -0.491 e. The lowest BCUT2D eigenvalue weighted by atomic mass is 10.2. The molecule has 2 heterocycles. The number of guanidine groups is 1. The van der Waals surface area contributed by atoms with Crippen molar-refractivity contribution in [3.63, 3.8) is 0 Å². The van der Waals surface area contributed by atoms with Crippen molar-refractivity contribution in [3.05, 3.63) is 42.2 Å². The Bertz CT molecular complexity index is 822. The summed E-state index contributed by atoms with van der Waals surface area (Å²) in [5.74, 6) is 1.63. The van der Waals surface area contributed by atoms with E-state index >= 15 is 0 Å². The van der Waals surface area contributed by atoms with Crippen LogP contribution in [0.25, 0.3) is 0 Å². The quantitative estimate of drug-likeness (QED) is 0.294. The third kappa shape index (κ3) is 5.37. The number of ether oxygens (including phenoxy) is 1. The highest BCUT2D eigenvalue weighted by atomic mass is 127. The van der Waals surface area contributed by atoms with Crippen LogP contribution in [0.4, 0.5) is 5.69 Å². The number of carbonyl (C=O) groups is 1. The van der Waals surface area contributed by atoms with Gasteiger partial charge in [-0.3, -0.25) is 14.5 Å². The number of halogens is 1. The molecule has 9 heteroatoms. The van der Waals surface area contributed by atoms with Gasteiger partial charge in [0.15, 0.2) is 5.96 Å². The van der Waals surface area contributed by atoms with E-state index in [-0.39, 0.29) is 36.4 Å². The highest BCUT2D eigenvalue weighted by Crippen LogP contribution is 2.17. The monoisotopic (exact) mass is 498 g/mol. The first-order valence-corrected chi connectivity index (χ1v) is 9.01. The van der Waals surface area contributed by atoms with Gasteiger partial charge in [-0.05, 0) is 18.6 Å². The fourth-order valence-corrected chi connectivity index (χ4v) is 3.05. The third-order valence-corrected chi connectivity index (χ3v) is 4.47. The number of anilines is 1. The summed E-state index contributed by atoms with van der Waals surface area (Å²) < 4.78 is 7.50. The van der Waals surface area contributed by atoms with Gasteiger partial charge in [0.2, 0.25) is 5.91 Å². The number of amides is 1. The predicted molar refractivity (Wildman–Crippen MR) is 121 cm³/mol. The molecule has 0 radical (unpaired) electrons. The van der Waals surface area contributed by atoms with Crippen molar-refractivity contribution < 1.29 is 9.53 Å². The molecular weight excluding hydrogens is 471 g/mol. The summed E-state index contributed by atoms with van der Waals surface area (Å²) in [6.07, 6.45) is 3.56. The van der Waals surface area contributed by atoms with Gasteiger partial charge in [0.1, 0.15) is 18.9 Å². The summed E-state index contributed by atoms with van der Waals surface area (Å²) in [6.45, 7) is 4.75. The number of hydrogen-bond donors (Lipinski definition) is 1. The SMILES string of the molecule is CN=C(NCCOc1ccccc1C)N1CCN(c2cnn(C)c2)C(=O)C1.I. The summed E-state index contributed by atoms with van der Waals surface area (Å²) >= 11 is 0. The number of piperazine rings is 1. The third-order valence-electron chi connectivity index (χ3n) is 4.47. The standard InChI is InChI=1S/C19H26N6O2.HI/c1-15-6-4-5-7-17(15)27-11-8-21-19(20-2)24-9-10-25(18(26)14-24)16-12-22-23(3)13-16;/h4-7,12-13H,8-11,14H2,1-3H3,(H,20,21);1H. The van der Waals surface area contributed by atoms with Crippen molar-refractivity contribution in [1.82, 2.24) is 20.0 Å². The molecule has 1 saturated heterocycles. The number of nitrogens with one attached hydrogen (secondary N) is 1. The number of benzene rings is 1. The zero-order valence-corrected chi connectivity index (χ0v) is 18.8. The molecule has 1 aromatic carbocycles. The van der Waals surface area contributed by atoms with E-state index in [1.807, 2.05) is 49.3 Å². The average Bonchev–Trinajstić information content (AvgIpc) is 3.09. The summed E-state index contributed by atoms with van der Waals surface area (Å²) in [4.78, 5) is 20.5. The molecule has 152 valence electrons. The molecule has 0 aliphatic carbocycles. The Morgan fingerprint density at radius 1 is 1.32 bits per heavy atom. The van der Waals surface area contributed by atoms with E-state index < -0.39 is 0 Å². The predicted octanol–water partition coefficient (Wildman–Crippen LogP) is 1.65. The minimum atomic E-state index is 0. The lowest BCUT2D eigenvalue weighted by Crippen LogP contribution is -2.55. The molecular formula is C19H27IN6O2. The van der Waals surface area contributed by atoms with Crippen LogP contribution in [0.1, 0.15) is 5.56 Å². The summed E-state index contributed by atoms with van der Waals surface area (Å²) in [5, 5.41) is 7.41. The van der Waals surface area contributed by atoms with Crippen LogP contribution in [-0.2, 0) is 11.8 Å². The van der Waals surface area contributed by atoms with Crippen molar-refractivity contribution >= 4 is 41.5 Å². The Balaban J connectivity index is 0.00000280. The number of aryl methyl sites for hydroxylation is 2. The first-order valence-electron chi connectivity index (χ1n) is 9.01. The van der Waals surface area contributed by atoms with Gasteiger partial charge in [-0.15, -0.1) is 24.0 Å². The van der Waals surface area contributed by atoms with Gasteiger partial charge in [0, 0.05) is 33.4 Å². The number of hydrogen-bond acceptors (Lipinski definition) is 4. The molecule has 1 N–H and O–H groups in total. The van der Waals surface area contributed by atoms with Gasteiger partial charge in [0.25, 0.3) is 0 Å². The molecule has 1 amide bonds. The molecule has 2 aromatic rings. The highest BCUT2D eigenvalue weighted by Gasteiger charge is 2.27. The second-order valence-electron chi connectivity index (χ2n) is 6.43. The van der Waals surface area contributed by atoms with E-state index in [4.69, 9.17) is 4.74 Å². The average molecular weight is 498 g/mol. The largest absolute Gasteiger partial charge is 0.491 e. The van der Waals surface area contributed by atoms with Gasteiger partial charge in [-0.25, -0.2) is 0 Å². The van der Waals surface area contributed by atoms with Gasteiger partial charge in [-0.1, -0.05) is 18.2 Å². The van der Waals surface area contributed by atoms with E-state index in [1.165, 1.54) is 0 Å². The molecule has 1 aliphatic heterocycles. The fraction of sp³-hybridized carbons (Fsp3) is 0.421. The first kappa shape index (κ1) is 22.0. The highest BCUT2D eigenvalue weighted by molar-refractivity contribution is 14.0. The fourth-order valence-electron chi connectivity index (χ4n) is 3.05. The van der Waals surface area contributed by atoms with E-state index in [0.717, 1.165) is 17.0 Å². The lowest BCUT2D eigenvalue weighted by Gasteiger charge is -2.35. The summed E-state index contributed by atoms with van der Waals surface area (Å²) in [7, 11) is 3.57.